The highest BCUT2D eigenvalue weighted by atomic mass is 15.4. The van der Waals surface area contributed by atoms with Crippen LogP contribution in [0, 0.1) is 0 Å². The highest BCUT2D eigenvalue weighted by Gasteiger charge is 2.11. The van der Waals surface area contributed by atoms with Gasteiger partial charge in [0.15, 0.2) is 11.3 Å². The van der Waals surface area contributed by atoms with Gasteiger partial charge in [-0.3, -0.25) is 9.98 Å². The number of aromatic nitrogens is 3. The summed E-state index contributed by atoms with van der Waals surface area (Å²) in [5.41, 5.74) is 2.80. The molecule has 136 valence electrons. The van der Waals surface area contributed by atoms with Gasteiger partial charge in [0, 0.05) is 50.8 Å². The molecule has 7 nitrogen and oxygen atoms in total. The fraction of sp³-hybridized carbons (Fsp3) is 0.389. The summed E-state index contributed by atoms with van der Waals surface area (Å²) in [6, 6.07) is 3.87. The first kappa shape index (κ1) is 20.4. The van der Waals surface area contributed by atoms with Gasteiger partial charge in [0.05, 0.1) is 6.04 Å². The first-order chi connectivity index (χ1) is 12.0. The van der Waals surface area contributed by atoms with Crippen LogP contribution in [0.2, 0.25) is 0 Å². The smallest absolute Gasteiger partial charge is 0.173 e. The summed E-state index contributed by atoms with van der Waals surface area (Å²) in [6.07, 6.45) is 9.03. The zero-order valence-corrected chi connectivity index (χ0v) is 15.9. The topological polar surface area (TPSA) is 84.4 Å². The SMILES string of the molecule is CC.CN=c1c(Nc2ccncc2)nccn1C(C)/C(C)=C/N(C)N. The zero-order valence-electron chi connectivity index (χ0n) is 15.9. The van der Waals surface area contributed by atoms with Gasteiger partial charge in [-0.2, -0.15) is 0 Å². The molecular weight excluding hydrogens is 314 g/mol. The second-order valence-electron chi connectivity index (χ2n) is 5.31. The lowest BCUT2D eigenvalue weighted by Crippen LogP contribution is -2.28. The molecule has 0 saturated carbocycles. The van der Waals surface area contributed by atoms with E-state index in [2.05, 4.69) is 31.8 Å². The summed E-state index contributed by atoms with van der Waals surface area (Å²) in [4.78, 5) is 12.8. The Kier molecular flexibility index (Phi) is 8.35. The van der Waals surface area contributed by atoms with E-state index in [4.69, 9.17) is 5.84 Å². The number of pyridine rings is 1. The second kappa shape index (κ2) is 10.2. The van der Waals surface area contributed by atoms with Crippen molar-refractivity contribution in [3.63, 3.8) is 0 Å². The van der Waals surface area contributed by atoms with Crippen LogP contribution in [0.15, 0.2) is 53.7 Å². The molecule has 0 amide bonds. The summed E-state index contributed by atoms with van der Waals surface area (Å²) in [6.45, 7) is 8.14. The Morgan fingerprint density at radius 2 is 1.96 bits per heavy atom. The maximum absolute atomic E-state index is 5.71. The fourth-order valence-corrected chi connectivity index (χ4v) is 2.27. The number of nitrogens with two attached hydrogens (primary N) is 1. The molecule has 2 aromatic heterocycles. The van der Waals surface area contributed by atoms with Crippen LogP contribution >= 0.6 is 0 Å². The molecule has 0 spiro atoms. The number of allylic oxidation sites excluding steroid dienone is 1. The average molecular weight is 343 g/mol. The van der Waals surface area contributed by atoms with Gasteiger partial charge in [-0.25, -0.2) is 10.8 Å². The van der Waals surface area contributed by atoms with Crippen molar-refractivity contribution < 1.29 is 0 Å². The third-order valence-corrected chi connectivity index (χ3v) is 3.53. The van der Waals surface area contributed by atoms with E-state index in [0.29, 0.717) is 5.82 Å². The molecule has 0 fully saturated rings. The van der Waals surface area contributed by atoms with E-state index >= 15 is 0 Å². The summed E-state index contributed by atoms with van der Waals surface area (Å²) in [5, 5.41) is 4.83. The van der Waals surface area contributed by atoms with Gasteiger partial charge in [0.1, 0.15) is 0 Å². The summed E-state index contributed by atoms with van der Waals surface area (Å²) < 4.78 is 2.06. The first-order valence-electron chi connectivity index (χ1n) is 8.35. The van der Waals surface area contributed by atoms with Gasteiger partial charge < -0.3 is 14.9 Å². The molecule has 1 unspecified atom stereocenters. The molecule has 0 radical (unpaired) electrons. The molecule has 1 atom stereocenters. The standard InChI is InChI=1S/C16H23N7.C2H6/c1-12(11-22(4)17)13(2)23-10-9-20-15(16(23)18-3)21-14-5-7-19-8-6-14;1-2/h5-11,13H,17H2,1-4H3,(H,19,20,21);1-2H3/b12-11+,18-16?;. The number of hydrogen-bond acceptors (Lipinski definition) is 6. The van der Waals surface area contributed by atoms with Crippen LogP contribution in [-0.4, -0.2) is 33.6 Å². The van der Waals surface area contributed by atoms with Crippen LogP contribution in [0.4, 0.5) is 11.5 Å². The van der Waals surface area contributed by atoms with Gasteiger partial charge in [0.2, 0.25) is 0 Å². The van der Waals surface area contributed by atoms with Crippen LogP contribution in [0.1, 0.15) is 33.7 Å². The number of rotatable bonds is 5. The molecule has 0 saturated heterocycles. The Morgan fingerprint density at radius 1 is 1.32 bits per heavy atom. The Hall–Kier alpha value is -2.67. The molecule has 3 N–H and O–H groups in total. The molecular formula is C18H29N7. The van der Waals surface area contributed by atoms with Gasteiger partial charge >= 0.3 is 0 Å². The molecule has 0 aromatic carbocycles. The van der Waals surface area contributed by atoms with Crippen molar-refractivity contribution in [2.45, 2.75) is 33.7 Å². The summed E-state index contributed by atoms with van der Waals surface area (Å²) in [5.74, 6) is 6.40. The van der Waals surface area contributed by atoms with E-state index < -0.39 is 0 Å². The van der Waals surface area contributed by atoms with E-state index in [1.54, 1.807) is 37.7 Å². The molecule has 2 heterocycles. The van der Waals surface area contributed by atoms with Crippen molar-refractivity contribution in [2.24, 2.45) is 10.8 Å². The van der Waals surface area contributed by atoms with Gasteiger partial charge in [-0.05, 0) is 31.6 Å². The zero-order chi connectivity index (χ0) is 18.8. The van der Waals surface area contributed by atoms with Crippen molar-refractivity contribution in [1.82, 2.24) is 19.5 Å². The van der Waals surface area contributed by atoms with Gasteiger partial charge in [-0.15, -0.1) is 0 Å². The average Bonchev–Trinajstić information content (AvgIpc) is 2.63. The van der Waals surface area contributed by atoms with Crippen molar-refractivity contribution in [3.05, 3.63) is 54.2 Å². The van der Waals surface area contributed by atoms with Crippen molar-refractivity contribution >= 4 is 11.5 Å². The van der Waals surface area contributed by atoms with E-state index in [1.165, 1.54) is 0 Å². The normalized spacial score (nSPS) is 12.9. The maximum atomic E-state index is 5.71. The molecule has 2 aromatic rings. The molecule has 0 aliphatic carbocycles. The molecule has 25 heavy (non-hydrogen) atoms. The minimum atomic E-state index is 0.0979. The number of hydrazine groups is 1. The van der Waals surface area contributed by atoms with Crippen molar-refractivity contribution in [1.29, 1.82) is 0 Å². The number of hydrogen-bond donors (Lipinski definition) is 2. The molecule has 0 aliphatic rings. The minimum absolute atomic E-state index is 0.0979. The van der Waals surface area contributed by atoms with Crippen LogP contribution in [0.3, 0.4) is 0 Å². The van der Waals surface area contributed by atoms with Crippen LogP contribution in [-0.2, 0) is 0 Å². The van der Waals surface area contributed by atoms with Crippen LogP contribution in [0.25, 0.3) is 0 Å². The Bertz CT molecular complexity index is 733. The molecule has 2 rings (SSSR count). The monoisotopic (exact) mass is 343 g/mol. The van der Waals surface area contributed by atoms with E-state index in [-0.39, 0.29) is 6.04 Å². The maximum Gasteiger partial charge on any atom is 0.173 e. The largest absolute Gasteiger partial charge is 0.337 e. The van der Waals surface area contributed by atoms with Crippen molar-refractivity contribution in [3.8, 4) is 0 Å². The number of anilines is 2. The first-order valence-corrected chi connectivity index (χ1v) is 8.35. The lowest BCUT2D eigenvalue weighted by Gasteiger charge is -2.20. The van der Waals surface area contributed by atoms with Gasteiger partial charge in [-0.1, -0.05) is 13.8 Å². The Morgan fingerprint density at radius 3 is 2.52 bits per heavy atom. The number of nitrogens with zero attached hydrogens (tertiary/aromatic N) is 5. The molecule has 0 bridgehead atoms. The van der Waals surface area contributed by atoms with Crippen molar-refractivity contribution in [2.75, 3.05) is 19.4 Å². The number of nitrogens with one attached hydrogen (secondary N) is 1. The quantitative estimate of drug-likeness (QED) is 0.644. The van der Waals surface area contributed by atoms with E-state index in [1.807, 2.05) is 45.3 Å². The summed E-state index contributed by atoms with van der Waals surface area (Å²) >= 11 is 0. The minimum Gasteiger partial charge on any atom is -0.337 e. The lowest BCUT2D eigenvalue weighted by atomic mass is 10.1. The second-order valence-corrected chi connectivity index (χ2v) is 5.31. The predicted octanol–water partition coefficient (Wildman–Crippen LogP) is 2.85. The summed E-state index contributed by atoms with van der Waals surface area (Å²) in [7, 11) is 3.56. The predicted molar refractivity (Wildman–Crippen MR) is 103 cm³/mol. The van der Waals surface area contributed by atoms with E-state index in [9.17, 15) is 0 Å². The fourth-order valence-electron chi connectivity index (χ4n) is 2.27. The molecule has 7 heteroatoms. The third-order valence-electron chi connectivity index (χ3n) is 3.53. The van der Waals surface area contributed by atoms with Crippen LogP contribution in [0.5, 0.6) is 0 Å². The molecule has 0 aliphatic heterocycles. The van der Waals surface area contributed by atoms with E-state index in [0.717, 1.165) is 16.7 Å². The highest BCUT2D eigenvalue weighted by Crippen LogP contribution is 2.16. The lowest BCUT2D eigenvalue weighted by molar-refractivity contribution is 0.467. The Labute approximate surface area is 149 Å². The highest BCUT2D eigenvalue weighted by molar-refractivity contribution is 5.53. The van der Waals surface area contributed by atoms with Gasteiger partial charge in [0.25, 0.3) is 0 Å². The third kappa shape index (κ3) is 5.72. The van der Waals surface area contributed by atoms with Crippen LogP contribution < -0.4 is 16.6 Å². The Balaban J connectivity index is 0.00000151.